The van der Waals surface area contributed by atoms with Gasteiger partial charge in [0.1, 0.15) is 0 Å². The highest BCUT2D eigenvalue weighted by atomic mass is 15.2. The van der Waals surface area contributed by atoms with E-state index in [0.717, 1.165) is 40.5 Å². The molecule has 50 heavy (non-hydrogen) atoms. The second-order valence-corrected chi connectivity index (χ2v) is 13.5. The van der Waals surface area contributed by atoms with Crippen molar-refractivity contribution in [1.82, 2.24) is 23.9 Å². The summed E-state index contributed by atoms with van der Waals surface area (Å²) in [6, 6.07) is 41.8. The number of fused-ring (bicyclic) bond motifs is 16. The number of allylic oxidation sites excluding steroid dienone is 4. The number of benzene rings is 6. The zero-order valence-corrected chi connectivity index (χ0v) is 26.9. The number of hydrogen-bond donors (Lipinski definition) is 0. The van der Waals surface area contributed by atoms with Gasteiger partial charge >= 0.3 is 0 Å². The molecule has 0 radical (unpaired) electrons. The molecular formula is C45H27N5. The molecule has 0 unspecified atom stereocenters. The van der Waals surface area contributed by atoms with Crippen molar-refractivity contribution in [2.75, 3.05) is 0 Å². The fourth-order valence-corrected chi connectivity index (χ4v) is 8.91. The molecule has 6 aromatic carbocycles. The molecule has 0 fully saturated rings. The molecule has 5 nitrogen and oxygen atoms in total. The van der Waals surface area contributed by atoms with E-state index in [2.05, 4.69) is 136 Å². The van der Waals surface area contributed by atoms with Crippen molar-refractivity contribution in [2.45, 2.75) is 12.8 Å². The molecule has 0 saturated carbocycles. The van der Waals surface area contributed by atoms with Gasteiger partial charge in [-0.2, -0.15) is 4.98 Å². The maximum Gasteiger partial charge on any atom is 0.237 e. The average Bonchev–Trinajstić information content (AvgIpc) is 3.84. The van der Waals surface area contributed by atoms with E-state index in [-0.39, 0.29) is 0 Å². The Morgan fingerprint density at radius 2 is 1.20 bits per heavy atom. The lowest BCUT2D eigenvalue weighted by Gasteiger charge is -2.14. The molecule has 0 bridgehead atoms. The lowest BCUT2D eigenvalue weighted by Crippen LogP contribution is -2.06. The number of nitrogens with zero attached hydrogens (tertiary/aromatic N) is 5. The third kappa shape index (κ3) is 3.24. The van der Waals surface area contributed by atoms with Gasteiger partial charge in [-0.25, -0.2) is 9.97 Å². The molecule has 5 heteroatoms. The van der Waals surface area contributed by atoms with Crippen molar-refractivity contribution < 1.29 is 0 Å². The first-order valence-corrected chi connectivity index (χ1v) is 17.3. The quantitative estimate of drug-likeness (QED) is 0.189. The lowest BCUT2D eigenvalue weighted by atomic mass is 9.98. The van der Waals surface area contributed by atoms with Gasteiger partial charge in [0.15, 0.2) is 5.65 Å². The van der Waals surface area contributed by atoms with Crippen LogP contribution in [-0.4, -0.2) is 23.9 Å². The molecule has 0 spiro atoms. The molecule has 12 rings (SSSR count). The summed E-state index contributed by atoms with van der Waals surface area (Å²) in [7, 11) is 0. The molecule has 1 aliphatic carbocycles. The van der Waals surface area contributed by atoms with E-state index < -0.39 is 0 Å². The van der Waals surface area contributed by atoms with Crippen LogP contribution in [0, 0.1) is 0 Å². The summed E-state index contributed by atoms with van der Waals surface area (Å²) in [5, 5.41) is 13.2. The molecule has 5 aromatic heterocycles. The number of aromatic nitrogens is 5. The van der Waals surface area contributed by atoms with E-state index in [1.165, 1.54) is 70.4 Å². The highest BCUT2D eigenvalue weighted by Gasteiger charge is 2.27. The molecule has 0 saturated heterocycles. The van der Waals surface area contributed by atoms with Crippen molar-refractivity contribution in [2.24, 2.45) is 0 Å². The fourth-order valence-electron chi connectivity index (χ4n) is 8.91. The molecule has 0 N–H and O–H groups in total. The van der Waals surface area contributed by atoms with Crippen LogP contribution in [0.3, 0.4) is 0 Å². The summed E-state index contributed by atoms with van der Waals surface area (Å²) in [6.07, 6.45) is 10.6. The van der Waals surface area contributed by atoms with Crippen molar-refractivity contribution in [3.05, 3.63) is 145 Å². The number of para-hydroxylation sites is 2. The minimum absolute atomic E-state index is 0.633. The first-order chi connectivity index (χ1) is 24.8. The van der Waals surface area contributed by atoms with Gasteiger partial charge in [-0.15, -0.1) is 0 Å². The van der Waals surface area contributed by atoms with E-state index in [0.29, 0.717) is 11.6 Å². The minimum Gasteiger partial charge on any atom is -0.307 e. The van der Waals surface area contributed by atoms with Gasteiger partial charge in [-0.05, 0) is 42.0 Å². The zero-order valence-electron chi connectivity index (χ0n) is 26.9. The van der Waals surface area contributed by atoms with Crippen LogP contribution < -0.4 is 0 Å². The van der Waals surface area contributed by atoms with Crippen LogP contribution in [0.1, 0.15) is 18.5 Å². The Morgan fingerprint density at radius 1 is 0.500 bits per heavy atom. The van der Waals surface area contributed by atoms with Crippen LogP contribution in [0.15, 0.2) is 140 Å². The predicted octanol–water partition coefficient (Wildman–Crippen LogP) is 11.3. The third-order valence-electron chi connectivity index (χ3n) is 10.9. The standard InChI is InChI=1S/C45H27N5/c1-2-13-27(14-3-1)39-35-21-11-25-46-44(35)48-45(47-39)50-40-28-15-5-4-12-26(28)23-24-34(40)38-37-33-20-10-19-30-29-16-8-9-22-36(29)49(41(30)33)42(37)31-17-6-7-18-32(31)43(38)50/h2,4-25H,1,3H2. The number of pyridine rings is 1. The maximum absolute atomic E-state index is 5.47. The second kappa shape index (κ2) is 9.52. The summed E-state index contributed by atoms with van der Waals surface area (Å²) in [6.45, 7) is 0. The van der Waals surface area contributed by atoms with E-state index in [9.17, 15) is 0 Å². The van der Waals surface area contributed by atoms with Gasteiger partial charge in [-0.3, -0.25) is 4.57 Å². The normalized spacial score (nSPS) is 13.9. The second-order valence-electron chi connectivity index (χ2n) is 13.5. The van der Waals surface area contributed by atoms with Crippen LogP contribution in [0.25, 0.3) is 104 Å². The van der Waals surface area contributed by atoms with Crippen molar-refractivity contribution in [3.63, 3.8) is 0 Å². The van der Waals surface area contributed by atoms with Crippen molar-refractivity contribution in [3.8, 4) is 5.95 Å². The van der Waals surface area contributed by atoms with Crippen LogP contribution in [-0.2, 0) is 0 Å². The summed E-state index contributed by atoms with van der Waals surface area (Å²) >= 11 is 0. The predicted molar refractivity (Wildman–Crippen MR) is 208 cm³/mol. The Labute approximate surface area is 285 Å². The fraction of sp³-hybridized carbons (Fsp3) is 0.0444. The van der Waals surface area contributed by atoms with Gasteiger partial charge in [0.2, 0.25) is 5.95 Å². The largest absolute Gasteiger partial charge is 0.307 e. The first kappa shape index (κ1) is 26.4. The Balaban J connectivity index is 1.38. The average molecular weight is 638 g/mol. The van der Waals surface area contributed by atoms with Gasteiger partial charge in [0, 0.05) is 60.1 Å². The molecule has 1 aliphatic rings. The Kier molecular flexibility index (Phi) is 5.02. The summed E-state index contributed by atoms with van der Waals surface area (Å²) < 4.78 is 4.85. The van der Waals surface area contributed by atoms with Crippen molar-refractivity contribution in [1.29, 1.82) is 0 Å². The highest BCUT2D eigenvalue weighted by molar-refractivity contribution is 6.40. The van der Waals surface area contributed by atoms with Gasteiger partial charge in [0.25, 0.3) is 0 Å². The first-order valence-electron chi connectivity index (χ1n) is 17.3. The van der Waals surface area contributed by atoms with Crippen LogP contribution in [0.4, 0.5) is 0 Å². The molecule has 232 valence electrons. The highest BCUT2D eigenvalue weighted by Crippen LogP contribution is 2.49. The molecule has 5 heterocycles. The van der Waals surface area contributed by atoms with Gasteiger partial charge in [0.05, 0.1) is 33.3 Å². The van der Waals surface area contributed by atoms with E-state index >= 15 is 0 Å². The van der Waals surface area contributed by atoms with Gasteiger partial charge < -0.3 is 4.40 Å². The SMILES string of the molecule is C1=CC(c2nc(-n3c4c5ccccc5ccc4c4c5c6cccc7c8ccccc8n(c76)c5c5ccccc5c43)nc3ncccc23)=CCC1. The topological polar surface area (TPSA) is 48.0 Å². The Bertz CT molecular complexity index is 3320. The smallest absolute Gasteiger partial charge is 0.237 e. The molecule has 0 amide bonds. The van der Waals surface area contributed by atoms with Crippen LogP contribution >= 0.6 is 0 Å². The molecular weight excluding hydrogens is 611 g/mol. The van der Waals surface area contributed by atoms with E-state index in [1.54, 1.807) is 0 Å². The maximum atomic E-state index is 5.47. The van der Waals surface area contributed by atoms with Crippen molar-refractivity contribution >= 4 is 98.1 Å². The van der Waals surface area contributed by atoms with Crippen LogP contribution in [0.5, 0.6) is 0 Å². The zero-order chi connectivity index (χ0) is 32.5. The summed E-state index contributed by atoms with van der Waals surface area (Å²) in [4.78, 5) is 15.6. The third-order valence-corrected chi connectivity index (χ3v) is 10.9. The summed E-state index contributed by atoms with van der Waals surface area (Å²) in [5.74, 6) is 0.633. The Morgan fingerprint density at radius 3 is 2.08 bits per heavy atom. The number of hydrogen-bond acceptors (Lipinski definition) is 3. The Hall–Kier alpha value is -6.59. The van der Waals surface area contributed by atoms with Crippen LogP contribution in [0.2, 0.25) is 0 Å². The molecule has 11 aromatic rings. The number of rotatable bonds is 2. The molecule has 0 atom stereocenters. The van der Waals surface area contributed by atoms with Gasteiger partial charge in [-0.1, -0.05) is 115 Å². The lowest BCUT2D eigenvalue weighted by molar-refractivity contribution is 0.992. The molecule has 0 aliphatic heterocycles. The summed E-state index contributed by atoms with van der Waals surface area (Å²) in [5.41, 5.74) is 8.70. The minimum atomic E-state index is 0.633. The van der Waals surface area contributed by atoms with E-state index in [1.807, 2.05) is 12.3 Å². The van der Waals surface area contributed by atoms with E-state index in [4.69, 9.17) is 15.0 Å². The monoisotopic (exact) mass is 637 g/mol.